The normalized spacial score (nSPS) is 12.3. The van der Waals surface area contributed by atoms with Crippen molar-refractivity contribution in [2.24, 2.45) is 0 Å². The van der Waals surface area contributed by atoms with Crippen molar-refractivity contribution in [2.45, 2.75) is 0 Å². The Balaban J connectivity index is 1.67. The summed E-state index contributed by atoms with van der Waals surface area (Å²) < 4.78 is 0. The van der Waals surface area contributed by atoms with E-state index < -0.39 is 0 Å². The molecule has 0 spiro atoms. The maximum Gasteiger partial charge on any atom is 0.199 e. The van der Waals surface area contributed by atoms with Gasteiger partial charge in [-0.25, -0.2) is 0 Å². The second-order valence-corrected chi connectivity index (χ2v) is 7.03. The van der Waals surface area contributed by atoms with Gasteiger partial charge in [0, 0.05) is 42.2 Å². The molecule has 0 saturated heterocycles. The van der Waals surface area contributed by atoms with Crippen molar-refractivity contribution in [1.29, 1.82) is 0 Å². The molecule has 0 aromatic heterocycles. The van der Waals surface area contributed by atoms with Crippen molar-refractivity contribution in [3.63, 3.8) is 0 Å². The highest BCUT2D eigenvalue weighted by atomic mass is 15.1. The first-order valence-electron chi connectivity index (χ1n) is 9.26. The highest BCUT2D eigenvalue weighted by molar-refractivity contribution is 6.73. The summed E-state index contributed by atoms with van der Waals surface area (Å²) in [5, 5.41) is 2.57. The zero-order chi connectivity index (χ0) is 18.4. The van der Waals surface area contributed by atoms with E-state index in [-0.39, 0.29) is 0 Å². The SMILES string of the molecule is CN(c1ccccc1)c1cccc2c1[B]c1ccc3ccccc3c1N2C. The van der Waals surface area contributed by atoms with Crippen LogP contribution in [0, 0.1) is 0 Å². The molecule has 0 N–H and O–H groups in total. The largest absolute Gasteiger partial charge is 0.345 e. The highest BCUT2D eigenvalue weighted by Crippen LogP contribution is 2.34. The molecule has 5 rings (SSSR count). The van der Waals surface area contributed by atoms with Gasteiger partial charge in [0.05, 0.1) is 0 Å². The number of benzene rings is 4. The lowest BCUT2D eigenvalue weighted by Gasteiger charge is -2.34. The zero-order valence-electron chi connectivity index (χ0n) is 15.6. The van der Waals surface area contributed by atoms with Crippen LogP contribution in [0.4, 0.5) is 22.7 Å². The van der Waals surface area contributed by atoms with Gasteiger partial charge in [-0.2, -0.15) is 0 Å². The molecule has 2 nitrogen and oxygen atoms in total. The molecule has 0 fully saturated rings. The van der Waals surface area contributed by atoms with Gasteiger partial charge in [0.2, 0.25) is 0 Å². The molecule has 1 aliphatic rings. The van der Waals surface area contributed by atoms with Crippen molar-refractivity contribution < 1.29 is 0 Å². The summed E-state index contributed by atoms with van der Waals surface area (Å²) in [6, 6.07) is 30.1. The van der Waals surface area contributed by atoms with Crippen LogP contribution >= 0.6 is 0 Å². The van der Waals surface area contributed by atoms with Crippen molar-refractivity contribution >= 4 is 51.7 Å². The molecule has 4 aromatic carbocycles. The second-order valence-electron chi connectivity index (χ2n) is 7.03. The Hall–Kier alpha value is -3.20. The van der Waals surface area contributed by atoms with Gasteiger partial charge in [0.1, 0.15) is 0 Å². The van der Waals surface area contributed by atoms with Gasteiger partial charge in [-0.15, -0.1) is 0 Å². The van der Waals surface area contributed by atoms with E-state index in [9.17, 15) is 0 Å². The number of fused-ring (bicyclic) bond motifs is 4. The molecule has 1 radical (unpaired) electrons. The average molecular weight is 347 g/mol. The van der Waals surface area contributed by atoms with Crippen LogP contribution in [0.25, 0.3) is 10.8 Å². The fraction of sp³-hybridized carbons (Fsp3) is 0.0833. The van der Waals surface area contributed by atoms with Crippen LogP contribution in [0.1, 0.15) is 0 Å². The van der Waals surface area contributed by atoms with Gasteiger partial charge < -0.3 is 9.80 Å². The van der Waals surface area contributed by atoms with Crippen LogP contribution in [-0.4, -0.2) is 21.4 Å². The van der Waals surface area contributed by atoms with Crippen molar-refractivity contribution in [1.82, 2.24) is 0 Å². The van der Waals surface area contributed by atoms with Crippen LogP contribution in [0.15, 0.2) is 84.9 Å². The summed E-state index contributed by atoms with van der Waals surface area (Å²) in [5.74, 6) is 0. The van der Waals surface area contributed by atoms with E-state index >= 15 is 0 Å². The summed E-state index contributed by atoms with van der Waals surface area (Å²) in [5.41, 5.74) is 7.43. The molecule has 0 saturated carbocycles. The number of rotatable bonds is 2. The number of nitrogens with zero attached hydrogens (tertiary/aromatic N) is 2. The Morgan fingerprint density at radius 2 is 1.56 bits per heavy atom. The predicted molar refractivity (Wildman–Crippen MR) is 118 cm³/mol. The lowest BCUT2D eigenvalue weighted by molar-refractivity contribution is 1.19. The molecule has 3 heteroatoms. The Labute approximate surface area is 160 Å². The Morgan fingerprint density at radius 3 is 2.41 bits per heavy atom. The molecule has 1 aliphatic heterocycles. The smallest absolute Gasteiger partial charge is 0.199 e. The molecule has 1 heterocycles. The van der Waals surface area contributed by atoms with Crippen molar-refractivity contribution in [2.75, 3.05) is 23.9 Å². The molecular formula is C24H20BN2. The molecule has 27 heavy (non-hydrogen) atoms. The summed E-state index contributed by atoms with van der Waals surface area (Å²) >= 11 is 0. The third-order valence-electron chi connectivity index (χ3n) is 5.49. The molecule has 0 bridgehead atoms. The molecule has 0 amide bonds. The second kappa shape index (κ2) is 6.20. The van der Waals surface area contributed by atoms with Crippen molar-refractivity contribution in [3.8, 4) is 0 Å². The molecule has 4 aromatic rings. The molecular weight excluding hydrogens is 327 g/mol. The van der Waals surface area contributed by atoms with E-state index in [1.807, 2.05) is 0 Å². The Kier molecular flexibility index (Phi) is 3.68. The van der Waals surface area contributed by atoms with Gasteiger partial charge in [0.25, 0.3) is 0 Å². The number of para-hydroxylation sites is 1. The number of anilines is 4. The third kappa shape index (κ3) is 2.50. The Bertz CT molecular complexity index is 1140. The quantitative estimate of drug-likeness (QED) is 0.498. The first-order valence-corrected chi connectivity index (χ1v) is 9.26. The summed E-state index contributed by atoms with van der Waals surface area (Å²) in [4.78, 5) is 4.59. The zero-order valence-corrected chi connectivity index (χ0v) is 15.6. The van der Waals surface area contributed by atoms with E-state index in [1.54, 1.807) is 0 Å². The highest BCUT2D eigenvalue weighted by Gasteiger charge is 2.25. The summed E-state index contributed by atoms with van der Waals surface area (Å²) in [6.07, 6.45) is 0. The predicted octanol–water partition coefficient (Wildman–Crippen LogP) is 4.34. The summed E-state index contributed by atoms with van der Waals surface area (Å²) in [6.45, 7) is 0. The van der Waals surface area contributed by atoms with Crippen LogP contribution < -0.4 is 20.7 Å². The molecule has 0 unspecified atom stereocenters. The molecule has 0 atom stereocenters. The van der Waals surface area contributed by atoms with Crippen LogP contribution in [0.2, 0.25) is 0 Å². The fourth-order valence-electron chi connectivity index (χ4n) is 4.10. The van der Waals surface area contributed by atoms with Gasteiger partial charge >= 0.3 is 0 Å². The molecule has 129 valence electrons. The third-order valence-corrected chi connectivity index (χ3v) is 5.49. The van der Waals surface area contributed by atoms with Crippen LogP contribution in [0.5, 0.6) is 0 Å². The number of hydrogen-bond acceptors (Lipinski definition) is 2. The maximum absolute atomic E-state index is 2.33. The van der Waals surface area contributed by atoms with Gasteiger partial charge in [-0.05, 0) is 35.1 Å². The van der Waals surface area contributed by atoms with E-state index in [0.29, 0.717) is 0 Å². The maximum atomic E-state index is 2.33. The van der Waals surface area contributed by atoms with Crippen LogP contribution in [0.3, 0.4) is 0 Å². The van der Waals surface area contributed by atoms with Gasteiger partial charge in [0.15, 0.2) is 7.28 Å². The first kappa shape index (κ1) is 16.0. The lowest BCUT2D eigenvalue weighted by atomic mass is 9.59. The number of hydrogen-bond donors (Lipinski definition) is 0. The minimum Gasteiger partial charge on any atom is -0.345 e. The fourth-order valence-corrected chi connectivity index (χ4v) is 4.10. The minimum absolute atomic E-state index is 1.19. The van der Waals surface area contributed by atoms with E-state index in [1.165, 1.54) is 44.4 Å². The molecule has 0 aliphatic carbocycles. The van der Waals surface area contributed by atoms with E-state index in [4.69, 9.17) is 0 Å². The topological polar surface area (TPSA) is 6.48 Å². The van der Waals surface area contributed by atoms with Crippen LogP contribution in [-0.2, 0) is 0 Å². The lowest BCUT2D eigenvalue weighted by Crippen LogP contribution is -2.42. The van der Waals surface area contributed by atoms with E-state index in [0.717, 1.165) is 0 Å². The standard InChI is InChI=1S/C24H20BN2/c1-26(18-10-4-3-5-11-18)21-13-8-14-22-23(21)25-20-16-15-17-9-6-7-12-19(17)24(20)27(22)2/h3-16H,1-2H3. The van der Waals surface area contributed by atoms with Gasteiger partial charge in [-0.1, -0.05) is 66.1 Å². The first-order chi connectivity index (χ1) is 13.2. The summed E-state index contributed by atoms with van der Waals surface area (Å²) in [7, 11) is 6.63. The monoisotopic (exact) mass is 347 g/mol. The Morgan fingerprint density at radius 1 is 0.778 bits per heavy atom. The van der Waals surface area contributed by atoms with Crippen molar-refractivity contribution in [3.05, 3.63) is 84.9 Å². The minimum atomic E-state index is 1.19. The van der Waals surface area contributed by atoms with Gasteiger partial charge in [-0.3, -0.25) is 0 Å². The van der Waals surface area contributed by atoms with E-state index in [2.05, 4.69) is 116 Å². The average Bonchev–Trinajstić information content (AvgIpc) is 2.73.